The predicted molar refractivity (Wildman–Crippen MR) is 95.3 cm³/mol. The van der Waals surface area contributed by atoms with Crippen LogP contribution in [0.2, 0.25) is 10.0 Å². The van der Waals surface area contributed by atoms with Gasteiger partial charge in [-0.3, -0.25) is 0 Å². The summed E-state index contributed by atoms with van der Waals surface area (Å²) >= 11 is 15.8. The summed E-state index contributed by atoms with van der Waals surface area (Å²) in [6, 6.07) is 14.2. The number of halogens is 3. The summed E-state index contributed by atoms with van der Waals surface area (Å²) in [6.45, 7) is 3.13. The largest absolute Gasteiger partial charge is 0.310 e. The Morgan fingerprint density at radius 2 is 1.81 bits per heavy atom. The quantitative estimate of drug-likeness (QED) is 0.638. The van der Waals surface area contributed by atoms with Crippen molar-refractivity contribution in [2.75, 3.05) is 6.54 Å². The Hall–Kier alpha value is -0.540. The maximum absolute atomic E-state index is 6.40. The predicted octanol–water partition coefficient (Wildman–Crippen LogP) is 6.04. The van der Waals surface area contributed by atoms with Crippen LogP contribution in [0.4, 0.5) is 0 Å². The number of nitrogens with one attached hydrogen (secondary N) is 1. The van der Waals surface area contributed by atoms with Gasteiger partial charge in [0.25, 0.3) is 0 Å². The fraction of sp³-hybridized carbons (Fsp3) is 0.294. The number of hydrogen-bond acceptors (Lipinski definition) is 1. The molecule has 0 amide bonds. The van der Waals surface area contributed by atoms with Gasteiger partial charge in [-0.15, -0.1) is 0 Å². The zero-order valence-corrected chi connectivity index (χ0v) is 15.0. The molecule has 0 aliphatic heterocycles. The normalized spacial score (nSPS) is 12.4. The van der Waals surface area contributed by atoms with Gasteiger partial charge in [0.05, 0.1) is 0 Å². The van der Waals surface area contributed by atoms with Crippen LogP contribution in [0.3, 0.4) is 0 Å². The summed E-state index contributed by atoms with van der Waals surface area (Å²) in [5, 5.41) is 5.12. The van der Waals surface area contributed by atoms with Crippen molar-refractivity contribution in [2.45, 2.75) is 25.8 Å². The van der Waals surface area contributed by atoms with Crippen molar-refractivity contribution in [1.82, 2.24) is 5.32 Å². The third-order valence-corrected chi connectivity index (χ3v) is 4.40. The van der Waals surface area contributed by atoms with Gasteiger partial charge in [-0.05, 0) is 54.8 Å². The molecule has 0 bridgehead atoms. The van der Waals surface area contributed by atoms with Crippen LogP contribution in [0, 0.1) is 0 Å². The molecular formula is C17H18BrCl2N. The standard InChI is InChI=1S/C17H18BrCl2N/c1-2-9-21-17(10-12-3-6-14(19)7-4-12)15-8-5-13(18)11-16(15)20/h3-8,11,17,21H,2,9-10H2,1H3. The molecule has 21 heavy (non-hydrogen) atoms. The van der Waals surface area contributed by atoms with E-state index in [4.69, 9.17) is 23.2 Å². The summed E-state index contributed by atoms with van der Waals surface area (Å²) in [5.41, 5.74) is 2.37. The Bertz CT molecular complexity index is 584. The molecule has 2 rings (SSSR count). The lowest BCUT2D eigenvalue weighted by Gasteiger charge is -2.20. The molecule has 1 atom stereocenters. The first-order valence-corrected chi connectivity index (χ1v) is 8.58. The molecule has 1 nitrogen and oxygen atoms in total. The van der Waals surface area contributed by atoms with E-state index in [1.807, 2.05) is 24.3 Å². The molecular weight excluding hydrogens is 369 g/mol. The van der Waals surface area contributed by atoms with E-state index in [2.05, 4.69) is 46.4 Å². The summed E-state index contributed by atoms with van der Waals surface area (Å²) in [5.74, 6) is 0. The maximum Gasteiger partial charge on any atom is 0.0465 e. The van der Waals surface area contributed by atoms with Crippen LogP contribution in [0.1, 0.15) is 30.5 Å². The van der Waals surface area contributed by atoms with Crippen molar-refractivity contribution < 1.29 is 0 Å². The third kappa shape index (κ3) is 5.00. The van der Waals surface area contributed by atoms with Gasteiger partial charge in [0.2, 0.25) is 0 Å². The van der Waals surface area contributed by atoms with Crippen LogP contribution in [0.5, 0.6) is 0 Å². The minimum Gasteiger partial charge on any atom is -0.310 e. The molecule has 0 fully saturated rings. The maximum atomic E-state index is 6.40. The van der Waals surface area contributed by atoms with E-state index in [1.54, 1.807) is 0 Å². The average Bonchev–Trinajstić information content (AvgIpc) is 2.46. The van der Waals surface area contributed by atoms with Gasteiger partial charge in [0.15, 0.2) is 0 Å². The fourth-order valence-corrected chi connectivity index (χ4v) is 3.18. The van der Waals surface area contributed by atoms with Gasteiger partial charge in [-0.2, -0.15) is 0 Å². The lowest BCUT2D eigenvalue weighted by molar-refractivity contribution is 0.529. The Morgan fingerprint density at radius 1 is 1.10 bits per heavy atom. The van der Waals surface area contributed by atoms with Crippen LogP contribution in [-0.4, -0.2) is 6.54 Å². The second-order valence-electron chi connectivity index (χ2n) is 5.00. The van der Waals surface area contributed by atoms with Gasteiger partial charge < -0.3 is 5.32 Å². The van der Waals surface area contributed by atoms with E-state index in [1.165, 1.54) is 5.56 Å². The molecule has 2 aromatic carbocycles. The molecule has 0 saturated heterocycles. The summed E-state index contributed by atoms with van der Waals surface area (Å²) in [4.78, 5) is 0. The molecule has 2 aromatic rings. The highest BCUT2D eigenvalue weighted by molar-refractivity contribution is 9.10. The van der Waals surface area contributed by atoms with Crippen molar-refractivity contribution in [1.29, 1.82) is 0 Å². The monoisotopic (exact) mass is 385 g/mol. The molecule has 0 aliphatic carbocycles. The molecule has 1 N–H and O–H groups in total. The second kappa shape index (κ2) is 8.19. The summed E-state index contributed by atoms with van der Waals surface area (Å²) in [7, 11) is 0. The number of benzene rings is 2. The first kappa shape index (κ1) is 16.8. The van der Waals surface area contributed by atoms with Crippen molar-refractivity contribution in [3.63, 3.8) is 0 Å². The molecule has 0 spiro atoms. The van der Waals surface area contributed by atoms with Gasteiger partial charge in [-0.25, -0.2) is 0 Å². The van der Waals surface area contributed by atoms with Crippen LogP contribution in [-0.2, 0) is 6.42 Å². The Labute approximate surface area is 144 Å². The lowest BCUT2D eigenvalue weighted by Crippen LogP contribution is -2.24. The molecule has 4 heteroatoms. The van der Waals surface area contributed by atoms with E-state index in [-0.39, 0.29) is 6.04 Å². The molecule has 0 heterocycles. The first-order valence-electron chi connectivity index (χ1n) is 7.03. The summed E-state index contributed by atoms with van der Waals surface area (Å²) in [6.07, 6.45) is 1.98. The van der Waals surface area contributed by atoms with Crippen LogP contribution in [0.15, 0.2) is 46.9 Å². The zero-order valence-electron chi connectivity index (χ0n) is 11.9. The summed E-state index contributed by atoms with van der Waals surface area (Å²) < 4.78 is 0.997. The molecule has 0 saturated carbocycles. The second-order valence-corrected chi connectivity index (χ2v) is 6.76. The number of rotatable bonds is 6. The third-order valence-electron chi connectivity index (χ3n) is 3.33. The SMILES string of the molecule is CCCNC(Cc1ccc(Cl)cc1)c1ccc(Br)cc1Cl. The van der Waals surface area contributed by atoms with E-state index in [0.717, 1.165) is 39.5 Å². The highest BCUT2D eigenvalue weighted by atomic mass is 79.9. The van der Waals surface area contributed by atoms with Gasteiger partial charge in [0, 0.05) is 20.6 Å². The van der Waals surface area contributed by atoms with E-state index < -0.39 is 0 Å². The van der Waals surface area contributed by atoms with Crippen molar-refractivity contribution in [2.24, 2.45) is 0 Å². The lowest BCUT2D eigenvalue weighted by atomic mass is 9.98. The van der Waals surface area contributed by atoms with Gasteiger partial charge in [-0.1, -0.05) is 64.3 Å². The first-order chi connectivity index (χ1) is 10.1. The molecule has 1 unspecified atom stereocenters. The highest BCUT2D eigenvalue weighted by Crippen LogP contribution is 2.29. The van der Waals surface area contributed by atoms with Crippen LogP contribution in [0.25, 0.3) is 0 Å². The van der Waals surface area contributed by atoms with Crippen molar-refractivity contribution >= 4 is 39.1 Å². The highest BCUT2D eigenvalue weighted by Gasteiger charge is 2.15. The van der Waals surface area contributed by atoms with Crippen molar-refractivity contribution in [3.05, 3.63) is 68.1 Å². The fourth-order valence-electron chi connectivity index (χ4n) is 2.25. The minimum absolute atomic E-state index is 0.201. The number of hydrogen-bond donors (Lipinski definition) is 1. The van der Waals surface area contributed by atoms with Crippen molar-refractivity contribution in [3.8, 4) is 0 Å². The van der Waals surface area contributed by atoms with Crippen LogP contribution >= 0.6 is 39.1 Å². The molecule has 0 aromatic heterocycles. The molecule has 112 valence electrons. The minimum atomic E-state index is 0.201. The van der Waals surface area contributed by atoms with E-state index >= 15 is 0 Å². The Kier molecular flexibility index (Phi) is 6.56. The smallest absolute Gasteiger partial charge is 0.0465 e. The van der Waals surface area contributed by atoms with Gasteiger partial charge >= 0.3 is 0 Å². The topological polar surface area (TPSA) is 12.0 Å². The Balaban J connectivity index is 2.22. The van der Waals surface area contributed by atoms with E-state index in [0.29, 0.717) is 0 Å². The molecule has 0 aliphatic rings. The average molecular weight is 387 g/mol. The zero-order chi connectivity index (χ0) is 15.2. The van der Waals surface area contributed by atoms with Gasteiger partial charge in [0.1, 0.15) is 0 Å². The molecule has 0 radical (unpaired) electrons. The van der Waals surface area contributed by atoms with Crippen LogP contribution < -0.4 is 5.32 Å². The Morgan fingerprint density at radius 3 is 2.43 bits per heavy atom. The van der Waals surface area contributed by atoms with E-state index in [9.17, 15) is 0 Å².